The Morgan fingerprint density at radius 2 is 2.11 bits per heavy atom. The lowest BCUT2D eigenvalue weighted by Gasteiger charge is -2.31. The van der Waals surface area contributed by atoms with Crippen LogP contribution in [-0.4, -0.2) is 36.7 Å². The number of piperidine rings is 1. The summed E-state index contributed by atoms with van der Waals surface area (Å²) in [7, 11) is 1.88. The fraction of sp³-hybridized carbons (Fsp3) is 0.714. The highest BCUT2D eigenvalue weighted by Crippen LogP contribution is 2.23. The van der Waals surface area contributed by atoms with Crippen molar-refractivity contribution in [2.45, 2.75) is 33.3 Å². The lowest BCUT2D eigenvalue weighted by molar-refractivity contribution is 0.128. The topological polar surface area (TPSA) is 50.3 Å². The molecule has 1 fully saturated rings. The largest absolute Gasteiger partial charge is 0.374 e. The van der Waals surface area contributed by atoms with E-state index in [4.69, 9.17) is 4.74 Å². The molecule has 1 N–H and O–H groups in total. The molecule has 0 unspecified atom stereocenters. The fourth-order valence-electron chi connectivity index (χ4n) is 2.27. The smallest absolute Gasteiger partial charge is 0.158 e. The SMILES string of the molecule is CCOCc1nc(NC)cc(N2CCC(C)CC2)n1. The molecule has 2 rings (SSSR count). The first kappa shape index (κ1) is 14.1. The zero-order valence-electron chi connectivity index (χ0n) is 12.1. The molecule has 19 heavy (non-hydrogen) atoms. The predicted octanol–water partition coefficient (Wildman–Crippen LogP) is 2.29. The van der Waals surface area contributed by atoms with E-state index < -0.39 is 0 Å². The highest BCUT2D eigenvalue weighted by Gasteiger charge is 2.18. The van der Waals surface area contributed by atoms with Crippen molar-refractivity contribution in [3.63, 3.8) is 0 Å². The van der Waals surface area contributed by atoms with E-state index in [9.17, 15) is 0 Å². The van der Waals surface area contributed by atoms with Gasteiger partial charge in [-0.1, -0.05) is 6.92 Å². The van der Waals surface area contributed by atoms with E-state index in [1.807, 2.05) is 20.0 Å². The number of hydrogen-bond acceptors (Lipinski definition) is 5. The number of hydrogen-bond donors (Lipinski definition) is 1. The molecule has 0 amide bonds. The zero-order chi connectivity index (χ0) is 13.7. The van der Waals surface area contributed by atoms with Crippen molar-refractivity contribution in [3.05, 3.63) is 11.9 Å². The van der Waals surface area contributed by atoms with Gasteiger partial charge in [-0.3, -0.25) is 0 Å². The maximum atomic E-state index is 5.41. The first-order chi connectivity index (χ1) is 9.22. The van der Waals surface area contributed by atoms with Crippen molar-refractivity contribution in [3.8, 4) is 0 Å². The van der Waals surface area contributed by atoms with E-state index in [0.29, 0.717) is 13.2 Å². The van der Waals surface area contributed by atoms with Crippen molar-refractivity contribution in [1.82, 2.24) is 9.97 Å². The third-order valence-corrected chi connectivity index (χ3v) is 3.56. The lowest BCUT2D eigenvalue weighted by Crippen LogP contribution is -2.33. The van der Waals surface area contributed by atoms with Crippen molar-refractivity contribution < 1.29 is 4.74 Å². The van der Waals surface area contributed by atoms with Crippen molar-refractivity contribution in [2.75, 3.05) is 37.0 Å². The number of ether oxygens (including phenoxy) is 1. The average molecular weight is 264 g/mol. The van der Waals surface area contributed by atoms with Gasteiger partial charge in [0.1, 0.15) is 18.2 Å². The van der Waals surface area contributed by atoms with Gasteiger partial charge in [0.25, 0.3) is 0 Å². The molecular formula is C14H24N4O. The standard InChI is InChI=1S/C14H24N4O/c1-4-19-10-13-16-12(15-3)9-14(17-13)18-7-5-11(2)6-8-18/h9,11H,4-8,10H2,1-3H3,(H,15,16,17). The van der Waals surface area contributed by atoms with Crippen molar-refractivity contribution in [1.29, 1.82) is 0 Å². The van der Waals surface area contributed by atoms with Gasteiger partial charge in [-0.15, -0.1) is 0 Å². The number of aromatic nitrogens is 2. The minimum absolute atomic E-state index is 0.475. The van der Waals surface area contributed by atoms with E-state index in [2.05, 4.69) is 27.1 Å². The Morgan fingerprint density at radius 3 is 2.74 bits per heavy atom. The molecule has 106 valence electrons. The summed E-state index contributed by atoms with van der Waals surface area (Å²) in [6.07, 6.45) is 2.47. The van der Waals surface area contributed by atoms with Crippen LogP contribution in [0.4, 0.5) is 11.6 Å². The van der Waals surface area contributed by atoms with Crippen LogP contribution in [0.1, 0.15) is 32.5 Å². The van der Waals surface area contributed by atoms with Crippen LogP contribution in [-0.2, 0) is 11.3 Å². The summed E-state index contributed by atoms with van der Waals surface area (Å²) < 4.78 is 5.41. The molecule has 5 nitrogen and oxygen atoms in total. The molecule has 0 aliphatic carbocycles. The summed E-state index contributed by atoms with van der Waals surface area (Å²) in [6.45, 7) is 7.61. The second-order valence-corrected chi connectivity index (χ2v) is 5.08. The Labute approximate surface area is 115 Å². The number of nitrogens with one attached hydrogen (secondary N) is 1. The minimum atomic E-state index is 0.475. The summed E-state index contributed by atoms with van der Waals surface area (Å²) in [5.74, 6) is 3.45. The van der Waals surface area contributed by atoms with Crippen LogP contribution in [0.25, 0.3) is 0 Å². The van der Waals surface area contributed by atoms with Crippen molar-refractivity contribution in [2.24, 2.45) is 5.92 Å². The molecule has 0 atom stereocenters. The Balaban J connectivity index is 2.14. The highest BCUT2D eigenvalue weighted by atomic mass is 16.5. The third kappa shape index (κ3) is 3.80. The molecule has 2 heterocycles. The molecule has 1 aliphatic rings. The quantitative estimate of drug-likeness (QED) is 0.884. The van der Waals surface area contributed by atoms with E-state index in [1.165, 1.54) is 12.8 Å². The first-order valence-electron chi connectivity index (χ1n) is 7.11. The maximum absolute atomic E-state index is 5.41. The molecule has 0 spiro atoms. The molecular weight excluding hydrogens is 240 g/mol. The minimum Gasteiger partial charge on any atom is -0.374 e. The molecule has 1 aromatic heterocycles. The van der Waals surface area contributed by atoms with Gasteiger partial charge in [-0.25, -0.2) is 9.97 Å². The predicted molar refractivity (Wildman–Crippen MR) is 77.5 cm³/mol. The Bertz CT molecular complexity index is 402. The second-order valence-electron chi connectivity index (χ2n) is 5.08. The van der Waals surface area contributed by atoms with Gasteiger partial charge in [0.05, 0.1) is 0 Å². The van der Waals surface area contributed by atoms with Gasteiger partial charge in [-0.2, -0.15) is 0 Å². The van der Waals surface area contributed by atoms with Crippen LogP contribution in [0.2, 0.25) is 0 Å². The van der Waals surface area contributed by atoms with Crippen LogP contribution in [0, 0.1) is 5.92 Å². The normalized spacial score (nSPS) is 16.7. The summed E-state index contributed by atoms with van der Waals surface area (Å²) in [4.78, 5) is 11.4. The molecule has 1 saturated heterocycles. The summed E-state index contributed by atoms with van der Waals surface area (Å²) in [5.41, 5.74) is 0. The summed E-state index contributed by atoms with van der Waals surface area (Å²) >= 11 is 0. The van der Waals surface area contributed by atoms with Crippen LogP contribution in [0.15, 0.2) is 6.07 Å². The van der Waals surface area contributed by atoms with Gasteiger partial charge in [-0.05, 0) is 25.7 Å². The van der Waals surface area contributed by atoms with Crippen LogP contribution in [0.3, 0.4) is 0 Å². The van der Waals surface area contributed by atoms with Gasteiger partial charge >= 0.3 is 0 Å². The van der Waals surface area contributed by atoms with Crippen molar-refractivity contribution >= 4 is 11.6 Å². The molecule has 0 saturated carbocycles. The van der Waals surface area contributed by atoms with E-state index in [-0.39, 0.29) is 0 Å². The molecule has 5 heteroatoms. The van der Waals surface area contributed by atoms with Crippen LogP contribution in [0.5, 0.6) is 0 Å². The summed E-state index contributed by atoms with van der Waals surface area (Å²) in [6, 6.07) is 2.02. The molecule has 0 bridgehead atoms. The highest BCUT2D eigenvalue weighted by molar-refractivity contribution is 5.49. The molecule has 0 radical (unpaired) electrons. The fourth-order valence-corrected chi connectivity index (χ4v) is 2.27. The molecule has 1 aromatic rings. The second kappa shape index (κ2) is 6.70. The zero-order valence-corrected chi connectivity index (χ0v) is 12.1. The van der Waals surface area contributed by atoms with Gasteiger partial charge in [0.2, 0.25) is 0 Å². The van der Waals surface area contributed by atoms with Gasteiger partial charge in [0.15, 0.2) is 5.82 Å². The monoisotopic (exact) mass is 264 g/mol. The number of rotatable bonds is 5. The van der Waals surface area contributed by atoms with Crippen LogP contribution >= 0.6 is 0 Å². The number of anilines is 2. The Kier molecular flexibility index (Phi) is 4.96. The van der Waals surface area contributed by atoms with Gasteiger partial charge < -0.3 is 15.0 Å². The molecule has 0 aromatic carbocycles. The Morgan fingerprint density at radius 1 is 1.37 bits per heavy atom. The summed E-state index contributed by atoms with van der Waals surface area (Å²) in [5, 5.41) is 3.10. The molecule has 1 aliphatic heterocycles. The maximum Gasteiger partial charge on any atom is 0.158 e. The Hall–Kier alpha value is -1.36. The van der Waals surface area contributed by atoms with Crippen LogP contribution < -0.4 is 10.2 Å². The lowest BCUT2D eigenvalue weighted by atomic mass is 9.99. The van der Waals surface area contributed by atoms with Gasteiger partial charge in [0, 0.05) is 32.8 Å². The first-order valence-corrected chi connectivity index (χ1v) is 7.11. The van der Waals surface area contributed by atoms with E-state index in [0.717, 1.165) is 36.5 Å². The number of nitrogens with zero attached hydrogens (tertiary/aromatic N) is 3. The van der Waals surface area contributed by atoms with E-state index >= 15 is 0 Å². The third-order valence-electron chi connectivity index (χ3n) is 3.56. The van der Waals surface area contributed by atoms with E-state index in [1.54, 1.807) is 0 Å². The average Bonchev–Trinajstić information content (AvgIpc) is 2.45.